The highest BCUT2D eigenvalue weighted by molar-refractivity contribution is 7.89. The zero-order valence-corrected chi connectivity index (χ0v) is 19.1. The second kappa shape index (κ2) is 9.39. The van der Waals surface area contributed by atoms with Gasteiger partial charge < -0.3 is 14.8 Å². The van der Waals surface area contributed by atoms with Crippen LogP contribution in [-0.4, -0.2) is 65.1 Å². The number of carbonyl (C=O) groups is 1. The van der Waals surface area contributed by atoms with Crippen LogP contribution in [0.15, 0.2) is 53.7 Å². The molecule has 1 aromatic heterocycles. The molecule has 0 spiro atoms. The Bertz CT molecular complexity index is 1270. The van der Waals surface area contributed by atoms with Gasteiger partial charge in [-0.15, -0.1) is 5.10 Å². The number of hydrogen-bond acceptors (Lipinski definition) is 8. The van der Waals surface area contributed by atoms with E-state index in [0.29, 0.717) is 43.2 Å². The third-order valence-corrected chi connectivity index (χ3v) is 7.80. The van der Waals surface area contributed by atoms with Crippen LogP contribution in [0.1, 0.15) is 19.3 Å². The molecule has 12 heteroatoms. The number of rotatable bonds is 5. The van der Waals surface area contributed by atoms with Gasteiger partial charge in [0, 0.05) is 37.2 Å². The summed E-state index contributed by atoms with van der Waals surface area (Å²) in [6, 6.07) is 11.9. The number of nitrogens with zero attached hydrogens (tertiary/aromatic N) is 5. The summed E-state index contributed by atoms with van der Waals surface area (Å²) in [6.07, 6.45) is 3.08. The van der Waals surface area contributed by atoms with Gasteiger partial charge in [-0.25, -0.2) is 13.1 Å². The number of amides is 1. The van der Waals surface area contributed by atoms with E-state index in [2.05, 4.69) is 20.8 Å². The lowest BCUT2D eigenvalue weighted by molar-refractivity contribution is -0.120. The van der Waals surface area contributed by atoms with Crippen LogP contribution in [0.4, 0.5) is 5.69 Å². The SMILES string of the molecule is O=C(Nc1cccc(-n2cnnn2)c1)C1CCN(S(=O)(=O)c2ccc3c(c2)OCCCO3)CC1. The molecule has 0 unspecified atom stereocenters. The van der Waals surface area contributed by atoms with Crippen molar-refractivity contribution in [3.63, 3.8) is 0 Å². The van der Waals surface area contributed by atoms with E-state index in [1.54, 1.807) is 30.3 Å². The van der Waals surface area contributed by atoms with Crippen molar-refractivity contribution in [1.82, 2.24) is 24.5 Å². The molecule has 2 aromatic carbocycles. The molecule has 5 rings (SSSR count). The quantitative estimate of drug-likeness (QED) is 0.581. The molecule has 0 aliphatic carbocycles. The van der Waals surface area contributed by atoms with Crippen LogP contribution in [0.3, 0.4) is 0 Å². The first kappa shape index (κ1) is 22.3. The number of anilines is 1. The van der Waals surface area contributed by atoms with Crippen LogP contribution < -0.4 is 14.8 Å². The van der Waals surface area contributed by atoms with E-state index in [1.165, 1.54) is 21.4 Å². The fourth-order valence-corrected chi connectivity index (χ4v) is 5.55. The average molecular weight is 485 g/mol. The predicted octanol–water partition coefficient (Wildman–Crippen LogP) is 1.86. The van der Waals surface area contributed by atoms with Gasteiger partial charge in [0.25, 0.3) is 0 Å². The Morgan fingerprint density at radius 3 is 2.59 bits per heavy atom. The number of sulfonamides is 1. The molecule has 11 nitrogen and oxygen atoms in total. The molecule has 178 valence electrons. The number of aromatic nitrogens is 4. The number of tetrazole rings is 1. The van der Waals surface area contributed by atoms with E-state index in [1.807, 2.05) is 6.07 Å². The molecule has 0 radical (unpaired) electrons. The summed E-state index contributed by atoms with van der Waals surface area (Å²) >= 11 is 0. The summed E-state index contributed by atoms with van der Waals surface area (Å²) in [5, 5.41) is 14.0. The molecular weight excluding hydrogens is 460 g/mol. The Labute approximate surface area is 196 Å². The van der Waals surface area contributed by atoms with Gasteiger partial charge >= 0.3 is 0 Å². The monoisotopic (exact) mass is 484 g/mol. The number of benzene rings is 2. The van der Waals surface area contributed by atoms with Gasteiger partial charge in [0.05, 0.1) is 23.8 Å². The number of piperidine rings is 1. The zero-order chi connectivity index (χ0) is 23.5. The van der Waals surface area contributed by atoms with Gasteiger partial charge in [-0.1, -0.05) is 6.07 Å². The first-order valence-corrected chi connectivity index (χ1v) is 12.5. The first-order chi connectivity index (χ1) is 16.5. The molecule has 0 atom stereocenters. The third kappa shape index (κ3) is 4.59. The van der Waals surface area contributed by atoms with Crippen LogP contribution in [0.25, 0.3) is 5.69 Å². The molecule has 1 saturated heterocycles. The standard InChI is InChI=1S/C22H24N6O5S/c29-22(24-17-3-1-4-18(13-17)28-15-23-25-26-28)16-7-9-27(10-8-16)34(30,31)19-5-6-20-21(14-19)33-12-2-11-32-20/h1,3-6,13-16H,2,7-12H2,(H,24,29). The van der Waals surface area contributed by atoms with Crippen molar-refractivity contribution < 1.29 is 22.7 Å². The predicted molar refractivity (Wildman–Crippen MR) is 121 cm³/mol. The Hall–Kier alpha value is -3.51. The summed E-state index contributed by atoms with van der Waals surface area (Å²) in [7, 11) is -3.70. The summed E-state index contributed by atoms with van der Waals surface area (Å²) in [6.45, 7) is 1.55. The fraction of sp³-hybridized carbons (Fsp3) is 0.364. The Morgan fingerprint density at radius 2 is 1.82 bits per heavy atom. The molecule has 3 heterocycles. The van der Waals surface area contributed by atoms with Gasteiger partial charge in [0.2, 0.25) is 15.9 Å². The topological polar surface area (TPSA) is 129 Å². The van der Waals surface area contributed by atoms with Crippen molar-refractivity contribution in [3.8, 4) is 17.2 Å². The Kier molecular flexibility index (Phi) is 6.16. The summed E-state index contributed by atoms with van der Waals surface area (Å²) in [5.41, 5.74) is 1.35. The molecule has 34 heavy (non-hydrogen) atoms. The van der Waals surface area contributed by atoms with Gasteiger partial charge in [-0.2, -0.15) is 4.31 Å². The van der Waals surface area contributed by atoms with Crippen molar-refractivity contribution >= 4 is 21.6 Å². The van der Waals surface area contributed by atoms with E-state index in [4.69, 9.17) is 9.47 Å². The minimum Gasteiger partial charge on any atom is -0.490 e. The van der Waals surface area contributed by atoms with E-state index >= 15 is 0 Å². The Morgan fingerprint density at radius 1 is 1.03 bits per heavy atom. The molecule has 1 fully saturated rings. The van der Waals surface area contributed by atoms with Gasteiger partial charge in [0.15, 0.2) is 11.5 Å². The second-order valence-electron chi connectivity index (χ2n) is 8.13. The number of carbonyl (C=O) groups excluding carboxylic acids is 1. The minimum atomic E-state index is -3.70. The van der Waals surface area contributed by atoms with Crippen molar-refractivity contribution in [2.45, 2.75) is 24.2 Å². The van der Waals surface area contributed by atoms with Crippen molar-refractivity contribution in [2.75, 3.05) is 31.6 Å². The van der Waals surface area contributed by atoms with E-state index < -0.39 is 10.0 Å². The van der Waals surface area contributed by atoms with E-state index in [9.17, 15) is 13.2 Å². The molecule has 3 aromatic rings. The van der Waals surface area contributed by atoms with Crippen molar-refractivity contribution in [1.29, 1.82) is 0 Å². The highest BCUT2D eigenvalue weighted by Crippen LogP contribution is 2.34. The van der Waals surface area contributed by atoms with Crippen molar-refractivity contribution in [3.05, 3.63) is 48.8 Å². The number of fused-ring (bicyclic) bond motifs is 1. The number of hydrogen-bond donors (Lipinski definition) is 1. The molecule has 0 bridgehead atoms. The van der Waals surface area contributed by atoms with Crippen LogP contribution in [-0.2, 0) is 14.8 Å². The lowest BCUT2D eigenvalue weighted by Gasteiger charge is -2.30. The maximum atomic E-state index is 13.2. The fourth-order valence-electron chi connectivity index (χ4n) is 4.06. The lowest BCUT2D eigenvalue weighted by atomic mass is 9.97. The molecule has 1 amide bonds. The molecule has 2 aliphatic rings. The minimum absolute atomic E-state index is 0.138. The largest absolute Gasteiger partial charge is 0.490 e. The normalized spacial score (nSPS) is 17.2. The molecule has 1 N–H and O–H groups in total. The maximum Gasteiger partial charge on any atom is 0.243 e. The summed E-state index contributed by atoms with van der Waals surface area (Å²) < 4.78 is 40.5. The maximum absolute atomic E-state index is 13.2. The highest BCUT2D eigenvalue weighted by atomic mass is 32.2. The van der Waals surface area contributed by atoms with E-state index in [0.717, 1.165) is 12.1 Å². The molecular formula is C22H24N6O5S. The molecule has 0 saturated carbocycles. The van der Waals surface area contributed by atoms with Crippen LogP contribution in [0, 0.1) is 5.92 Å². The molecule has 2 aliphatic heterocycles. The first-order valence-electron chi connectivity index (χ1n) is 11.0. The number of nitrogens with one attached hydrogen (secondary N) is 1. The van der Waals surface area contributed by atoms with Gasteiger partial charge in [0.1, 0.15) is 6.33 Å². The highest BCUT2D eigenvalue weighted by Gasteiger charge is 2.33. The second-order valence-corrected chi connectivity index (χ2v) is 10.1. The number of ether oxygens (including phenoxy) is 2. The summed E-state index contributed by atoms with van der Waals surface area (Å²) in [4.78, 5) is 13.0. The third-order valence-electron chi connectivity index (χ3n) is 5.91. The average Bonchev–Trinajstić information content (AvgIpc) is 3.30. The van der Waals surface area contributed by atoms with E-state index in [-0.39, 0.29) is 29.8 Å². The van der Waals surface area contributed by atoms with Gasteiger partial charge in [-0.05, 0) is 53.6 Å². The van der Waals surface area contributed by atoms with Crippen LogP contribution in [0.5, 0.6) is 11.5 Å². The lowest BCUT2D eigenvalue weighted by Crippen LogP contribution is -2.41. The summed E-state index contributed by atoms with van der Waals surface area (Å²) in [5.74, 6) is 0.570. The van der Waals surface area contributed by atoms with Crippen molar-refractivity contribution in [2.24, 2.45) is 5.92 Å². The van der Waals surface area contributed by atoms with Crippen LogP contribution in [0.2, 0.25) is 0 Å². The smallest absolute Gasteiger partial charge is 0.243 e. The Balaban J connectivity index is 1.22. The van der Waals surface area contributed by atoms with Gasteiger partial charge in [-0.3, -0.25) is 4.79 Å². The van der Waals surface area contributed by atoms with Crippen LogP contribution >= 0.6 is 0 Å². The zero-order valence-electron chi connectivity index (χ0n) is 18.3.